The number of para-hydroxylation sites is 3. The Balaban J connectivity index is 1.06. The van der Waals surface area contributed by atoms with E-state index >= 15 is 0 Å². The zero-order valence-electron chi connectivity index (χ0n) is 29.1. The molecule has 254 valence electrons. The molecule has 0 amide bonds. The van der Waals surface area contributed by atoms with E-state index in [1.165, 1.54) is 43.4 Å². The highest BCUT2D eigenvalue weighted by molar-refractivity contribution is 6.26. The minimum atomic E-state index is -0.312. The maximum Gasteiger partial charge on any atom is 0.159 e. The van der Waals surface area contributed by atoms with Crippen LogP contribution in [-0.4, -0.2) is 25.8 Å². The smallest absolute Gasteiger partial charge is 0.159 e. The van der Waals surface area contributed by atoms with Crippen molar-refractivity contribution < 1.29 is 0 Å². The zero-order valence-corrected chi connectivity index (χ0v) is 29.1. The molecule has 6 heteroatoms. The minimum Gasteiger partial charge on any atom is -0.344 e. The second-order valence-electron chi connectivity index (χ2n) is 13.7. The van der Waals surface area contributed by atoms with E-state index in [9.17, 15) is 0 Å². The highest BCUT2D eigenvalue weighted by atomic mass is 15.2. The van der Waals surface area contributed by atoms with Crippen LogP contribution >= 0.6 is 0 Å². The van der Waals surface area contributed by atoms with Crippen molar-refractivity contribution in [3.8, 4) is 11.5 Å². The van der Waals surface area contributed by atoms with E-state index in [0.717, 1.165) is 45.1 Å². The number of aliphatic imine (C=N–C) groups is 2. The van der Waals surface area contributed by atoms with Crippen LogP contribution in [0.4, 0.5) is 0 Å². The van der Waals surface area contributed by atoms with Crippen LogP contribution in [0.3, 0.4) is 0 Å². The average molecular weight is 693 g/mol. The van der Waals surface area contributed by atoms with E-state index in [4.69, 9.17) is 15.0 Å². The van der Waals surface area contributed by atoms with Crippen LogP contribution in [0.1, 0.15) is 22.9 Å². The Morgan fingerprint density at radius 1 is 0.500 bits per heavy atom. The molecule has 0 saturated heterocycles. The molecule has 0 fully saturated rings. The molecule has 1 aliphatic heterocycles. The van der Waals surface area contributed by atoms with Crippen molar-refractivity contribution in [2.75, 3.05) is 0 Å². The highest BCUT2D eigenvalue weighted by Gasteiger charge is 2.23. The molecule has 54 heavy (non-hydrogen) atoms. The van der Waals surface area contributed by atoms with Crippen molar-refractivity contribution in [2.45, 2.75) is 6.17 Å². The second kappa shape index (κ2) is 12.1. The standard InChI is InChI=1S/C48H32N6/c1-3-14-32(15-4-1)46-50-47(34-24-23-31-13-7-8-16-33(31)29-34)52-48(51-46)35-25-28-43(49-30-35)54-41-22-12-10-20-39(41)44-42(54)27-26-38-37-19-9-11-21-40(37)53(45(38)44)36-17-5-2-6-18-36/h1-30,47H,(H,50,51,52). The van der Waals surface area contributed by atoms with Crippen LogP contribution in [-0.2, 0) is 0 Å². The summed E-state index contributed by atoms with van der Waals surface area (Å²) in [5.74, 6) is 2.26. The summed E-state index contributed by atoms with van der Waals surface area (Å²) in [5, 5.41) is 10.9. The third-order valence-corrected chi connectivity index (χ3v) is 10.6. The van der Waals surface area contributed by atoms with E-state index in [1.54, 1.807) is 0 Å². The maximum absolute atomic E-state index is 5.13. The topological polar surface area (TPSA) is 59.5 Å². The number of amidine groups is 2. The molecule has 11 rings (SSSR count). The van der Waals surface area contributed by atoms with Crippen molar-refractivity contribution in [1.82, 2.24) is 19.4 Å². The van der Waals surface area contributed by atoms with Gasteiger partial charge in [-0.05, 0) is 64.9 Å². The number of benzene rings is 7. The molecule has 10 aromatic rings. The van der Waals surface area contributed by atoms with Crippen LogP contribution in [0.2, 0.25) is 0 Å². The van der Waals surface area contributed by atoms with Crippen molar-refractivity contribution in [3.05, 3.63) is 199 Å². The lowest BCUT2D eigenvalue weighted by atomic mass is 10.0. The van der Waals surface area contributed by atoms with Crippen molar-refractivity contribution in [1.29, 1.82) is 0 Å². The minimum absolute atomic E-state index is 0.312. The first-order valence-electron chi connectivity index (χ1n) is 18.2. The zero-order chi connectivity index (χ0) is 35.6. The molecule has 0 aliphatic carbocycles. The number of nitrogens with one attached hydrogen (secondary N) is 1. The number of pyridine rings is 1. The number of rotatable bonds is 5. The largest absolute Gasteiger partial charge is 0.344 e. The number of hydrogen-bond donors (Lipinski definition) is 1. The molecule has 4 heterocycles. The van der Waals surface area contributed by atoms with E-state index < -0.39 is 0 Å². The SMILES string of the molecule is c1ccc(C2=NC(c3ccc4ccccc4c3)NC(c3ccc(-n4c5ccccc5c5c4ccc4c6ccccc6n(-c6ccccc6)c45)nc3)=N2)cc1. The van der Waals surface area contributed by atoms with Crippen molar-refractivity contribution in [3.63, 3.8) is 0 Å². The van der Waals surface area contributed by atoms with Gasteiger partial charge < -0.3 is 9.88 Å². The molecular weight excluding hydrogens is 661 g/mol. The second-order valence-corrected chi connectivity index (χ2v) is 13.7. The van der Waals surface area contributed by atoms with Crippen LogP contribution < -0.4 is 5.32 Å². The van der Waals surface area contributed by atoms with Gasteiger partial charge in [-0.15, -0.1) is 0 Å². The fourth-order valence-electron chi connectivity index (χ4n) is 8.12. The Labute approximate surface area is 311 Å². The Morgan fingerprint density at radius 2 is 1.20 bits per heavy atom. The van der Waals surface area contributed by atoms with Gasteiger partial charge >= 0.3 is 0 Å². The van der Waals surface area contributed by atoms with Gasteiger partial charge in [0.2, 0.25) is 0 Å². The quantitative estimate of drug-likeness (QED) is 0.195. The lowest BCUT2D eigenvalue weighted by Gasteiger charge is -2.24. The molecular formula is C48H32N6. The van der Waals surface area contributed by atoms with Crippen molar-refractivity contribution >= 4 is 66.1 Å². The highest BCUT2D eigenvalue weighted by Crippen LogP contribution is 2.41. The summed E-state index contributed by atoms with van der Waals surface area (Å²) in [6.07, 6.45) is 1.61. The molecule has 1 aliphatic rings. The first-order chi connectivity index (χ1) is 26.8. The van der Waals surface area contributed by atoms with E-state index in [1.807, 2.05) is 24.4 Å². The lowest BCUT2D eigenvalue weighted by molar-refractivity contribution is 0.675. The van der Waals surface area contributed by atoms with Gasteiger partial charge in [0, 0.05) is 44.6 Å². The molecule has 1 unspecified atom stereocenters. The fraction of sp³-hybridized carbons (Fsp3) is 0.0208. The molecule has 0 radical (unpaired) electrons. The van der Waals surface area contributed by atoms with Crippen LogP contribution in [0, 0.1) is 0 Å². The third kappa shape index (κ3) is 4.77. The number of aromatic nitrogens is 3. The molecule has 0 saturated carbocycles. The number of nitrogens with zero attached hydrogens (tertiary/aromatic N) is 5. The summed E-state index contributed by atoms with van der Waals surface area (Å²) in [4.78, 5) is 15.3. The summed E-state index contributed by atoms with van der Waals surface area (Å²) in [7, 11) is 0. The summed E-state index contributed by atoms with van der Waals surface area (Å²) < 4.78 is 4.69. The maximum atomic E-state index is 5.13. The van der Waals surface area contributed by atoms with Gasteiger partial charge in [0.1, 0.15) is 17.8 Å². The first-order valence-corrected chi connectivity index (χ1v) is 18.2. The summed E-state index contributed by atoms with van der Waals surface area (Å²) in [6.45, 7) is 0. The molecule has 7 aromatic carbocycles. The normalized spacial score (nSPS) is 14.5. The van der Waals surface area contributed by atoms with Gasteiger partial charge in [-0.25, -0.2) is 15.0 Å². The molecule has 6 nitrogen and oxygen atoms in total. The first kappa shape index (κ1) is 30.3. The lowest BCUT2D eigenvalue weighted by Crippen LogP contribution is -2.33. The van der Waals surface area contributed by atoms with Crippen LogP contribution in [0.15, 0.2) is 192 Å². The predicted molar refractivity (Wildman–Crippen MR) is 222 cm³/mol. The Bertz CT molecular complexity index is 3120. The van der Waals surface area contributed by atoms with Gasteiger partial charge in [-0.3, -0.25) is 4.57 Å². The molecule has 3 aromatic heterocycles. The Kier molecular flexibility index (Phi) is 6.82. The predicted octanol–water partition coefficient (Wildman–Crippen LogP) is 10.9. The number of fused-ring (bicyclic) bond motifs is 8. The molecule has 0 spiro atoms. The molecule has 1 N–H and O–H groups in total. The van der Waals surface area contributed by atoms with E-state index in [-0.39, 0.29) is 6.17 Å². The molecule has 0 bridgehead atoms. The van der Waals surface area contributed by atoms with Gasteiger partial charge in [0.15, 0.2) is 5.84 Å². The van der Waals surface area contributed by atoms with E-state index in [2.05, 4.69) is 172 Å². The average Bonchev–Trinajstić information content (AvgIpc) is 3.77. The third-order valence-electron chi connectivity index (χ3n) is 10.6. The van der Waals surface area contributed by atoms with Gasteiger partial charge in [0.05, 0.1) is 22.1 Å². The summed E-state index contributed by atoms with van der Waals surface area (Å²) in [6, 6.07) is 61.8. The van der Waals surface area contributed by atoms with Crippen molar-refractivity contribution in [2.24, 2.45) is 9.98 Å². The summed E-state index contributed by atoms with van der Waals surface area (Å²) >= 11 is 0. The van der Waals surface area contributed by atoms with E-state index in [0.29, 0.717) is 5.84 Å². The van der Waals surface area contributed by atoms with Gasteiger partial charge in [0.25, 0.3) is 0 Å². The number of hydrogen-bond acceptors (Lipinski definition) is 4. The fourth-order valence-corrected chi connectivity index (χ4v) is 8.12. The van der Waals surface area contributed by atoms with Gasteiger partial charge in [-0.1, -0.05) is 127 Å². The molecule has 1 atom stereocenters. The monoisotopic (exact) mass is 692 g/mol. The summed E-state index contributed by atoms with van der Waals surface area (Å²) in [5.41, 5.74) is 8.66. The Hall–Kier alpha value is -7.31. The van der Waals surface area contributed by atoms with Crippen LogP contribution in [0.5, 0.6) is 0 Å². The van der Waals surface area contributed by atoms with Gasteiger partial charge in [-0.2, -0.15) is 0 Å². The van der Waals surface area contributed by atoms with Crippen LogP contribution in [0.25, 0.3) is 65.9 Å². The Morgan fingerprint density at radius 3 is 2.00 bits per heavy atom.